The van der Waals surface area contributed by atoms with Gasteiger partial charge in [-0.05, 0) is 32.3 Å². The van der Waals surface area contributed by atoms with Gasteiger partial charge in [-0.15, -0.1) is 0 Å². The van der Waals surface area contributed by atoms with Gasteiger partial charge in [0.25, 0.3) is 0 Å². The fourth-order valence-corrected chi connectivity index (χ4v) is 2.80. The minimum atomic E-state index is 0.0357. The Hall–Kier alpha value is -1.62. The predicted molar refractivity (Wildman–Crippen MR) is 82.9 cm³/mol. The van der Waals surface area contributed by atoms with Gasteiger partial charge in [0, 0.05) is 25.7 Å². The summed E-state index contributed by atoms with van der Waals surface area (Å²) in [6.45, 7) is 6.75. The number of rotatable bonds is 6. The molecule has 2 aromatic rings. The Kier molecular flexibility index (Phi) is 4.83. The molecule has 114 valence electrons. The average Bonchev–Trinajstić information content (AvgIpc) is 2.90. The highest BCUT2D eigenvalue weighted by atomic mass is 35.5. The fourth-order valence-electron chi connectivity index (χ4n) is 2.56. The van der Waals surface area contributed by atoms with E-state index in [9.17, 15) is 4.79 Å². The van der Waals surface area contributed by atoms with E-state index in [1.165, 1.54) is 0 Å². The normalized spacial score (nSPS) is 11.1. The zero-order valence-electron chi connectivity index (χ0n) is 13.0. The molecule has 2 heterocycles. The summed E-state index contributed by atoms with van der Waals surface area (Å²) in [6, 6.07) is 0. The highest BCUT2D eigenvalue weighted by Gasteiger charge is 2.18. The van der Waals surface area contributed by atoms with Gasteiger partial charge in [-0.25, -0.2) is 0 Å². The molecular weight excluding hydrogens is 288 g/mol. The SMILES string of the molecule is CCCn1ncc(Cl)c1C(=O)CCc1c(C)nn(C)c1C. The van der Waals surface area contributed by atoms with Crippen molar-refractivity contribution in [2.75, 3.05) is 0 Å². The molecule has 2 aromatic heterocycles. The number of hydrogen-bond acceptors (Lipinski definition) is 3. The van der Waals surface area contributed by atoms with Crippen molar-refractivity contribution in [2.24, 2.45) is 7.05 Å². The molecule has 0 aliphatic heterocycles. The molecule has 6 heteroatoms. The zero-order chi connectivity index (χ0) is 15.6. The maximum Gasteiger partial charge on any atom is 0.182 e. The largest absolute Gasteiger partial charge is 0.292 e. The third kappa shape index (κ3) is 3.18. The van der Waals surface area contributed by atoms with E-state index in [0.717, 1.165) is 23.4 Å². The lowest BCUT2D eigenvalue weighted by Gasteiger charge is -2.06. The number of carbonyl (C=O) groups is 1. The summed E-state index contributed by atoms with van der Waals surface area (Å²) < 4.78 is 3.55. The second kappa shape index (κ2) is 6.43. The monoisotopic (exact) mass is 308 g/mol. The second-order valence-corrected chi connectivity index (χ2v) is 5.67. The fraction of sp³-hybridized carbons (Fsp3) is 0.533. The average molecular weight is 309 g/mol. The maximum atomic E-state index is 12.5. The molecule has 0 bridgehead atoms. The minimum Gasteiger partial charge on any atom is -0.292 e. The zero-order valence-corrected chi connectivity index (χ0v) is 13.7. The summed E-state index contributed by atoms with van der Waals surface area (Å²) in [7, 11) is 1.92. The third-order valence-corrected chi connectivity index (χ3v) is 4.03. The molecule has 0 fully saturated rings. The van der Waals surface area contributed by atoms with E-state index in [1.807, 2.05) is 32.5 Å². The van der Waals surface area contributed by atoms with Crippen LogP contribution in [0.25, 0.3) is 0 Å². The first kappa shape index (κ1) is 15.8. The van der Waals surface area contributed by atoms with Gasteiger partial charge in [-0.1, -0.05) is 18.5 Å². The van der Waals surface area contributed by atoms with E-state index < -0.39 is 0 Å². The summed E-state index contributed by atoms with van der Waals surface area (Å²) in [5.41, 5.74) is 3.76. The number of hydrogen-bond donors (Lipinski definition) is 0. The van der Waals surface area contributed by atoms with Gasteiger partial charge in [0.1, 0.15) is 5.69 Å². The highest BCUT2D eigenvalue weighted by molar-refractivity contribution is 6.33. The van der Waals surface area contributed by atoms with Gasteiger partial charge in [0.2, 0.25) is 0 Å². The number of aryl methyl sites for hydroxylation is 3. The van der Waals surface area contributed by atoms with Crippen LogP contribution >= 0.6 is 11.6 Å². The number of carbonyl (C=O) groups excluding carboxylic acids is 1. The molecule has 0 saturated heterocycles. The molecule has 2 rings (SSSR count). The lowest BCUT2D eigenvalue weighted by atomic mass is 10.0. The van der Waals surface area contributed by atoms with Crippen LogP contribution in [0.2, 0.25) is 5.02 Å². The van der Waals surface area contributed by atoms with Crippen LogP contribution in [0.3, 0.4) is 0 Å². The van der Waals surface area contributed by atoms with Crippen LogP contribution in [0.15, 0.2) is 6.20 Å². The van der Waals surface area contributed by atoms with Crippen molar-refractivity contribution in [1.82, 2.24) is 19.6 Å². The lowest BCUT2D eigenvalue weighted by molar-refractivity contribution is 0.0972. The van der Waals surface area contributed by atoms with Crippen molar-refractivity contribution in [1.29, 1.82) is 0 Å². The van der Waals surface area contributed by atoms with Gasteiger partial charge in [0.05, 0.1) is 16.9 Å². The Balaban J connectivity index is 2.14. The molecule has 0 aliphatic carbocycles. The molecule has 0 radical (unpaired) electrons. The highest BCUT2D eigenvalue weighted by Crippen LogP contribution is 2.20. The van der Waals surface area contributed by atoms with Crippen LogP contribution in [0.5, 0.6) is 0 Å². The van der Waals surface area contributed by atoms with Crippen molar-refractivity contribution >= 4 is 17.4 Å². The number of halogens is 1. The van der Waals surface area contributed by atoms with Crippen LogP contribution in [0, 0.1) is 13.8 Å². The van der Waals surface area contributed by atoms with Crippen molar-refractivity contribution in [2.45, 2.75) is 46.6 Å². The summed E-state index contributed by atoms with van der Waals surface area (Å²) in [5, 5.41) is 8.98. The molecule has 0 amide bonds. The van der Waals surface area contributed by atoms with Gasteiger partial charge in [-0.2, -0.15) is 10.2 Å². The number of Topliss-reactive ketones (excluding diaryl/α,β-unsaturated/α-hetero) is 1. The van der Waals surface area contributed by atoms with E-state index >= 15 is 0 Å². The van der Waals surface area contributed by atoms with Gasteiger partial charge < -0.3 is 0 Å². The van der Waals surface area contributed by atoms with E-state index in [4.69, 9.17) is 11.6 Å². The molecule has 5 nitrogen and oxygen atoms in total. The van der Waals surface area contributed by atoms with Crippen LogP contribution in [0.1, 0.15) is 47.2 Å². The first-order chi connectivity index (χ1) is 9.95. The standard InChI is InChI=1S/C15H21ClN4O/c1-5-8-20-15(13(16)9-17-20)14(21)7-6-12-10(2)18-19(4)11(12)3/h9H,5-8H2,1-4H3. The molecule has 0 aliphatic rings. The molecule has 21 heavy (non-hydrogen) atoms. The van der Waals surface area contributed by atoms with Crippen LogP contribution < -0.4 is 0 Å². The summed E-state index contributed by atoms with van der Waals surface area (Å²) in [4.78, 5) is 12.5. The number of nitrogens with zero attached hydrogens (tertiary/aromatic N) is 4. The molecule has 0 spiro atoms. The van der Waals surface area contributed by atoms with E-state index in [0.29, 0.717) is 30.1 Å². The Labute approximate surface area is 129 Å². The van der Waals surface area contributed by atoms with Crippen LogP contribution in [-0.4, -0.2) is 25.3 Å². The summed E-state index contributed by atoms with van der Waals surface area (Å²) in [6.07, 6.45) is 3.56. The van der Waals surface area contributed by atoms with Crippen molar-refractivity contribution in [3.63, 3.8) is 0 Å². The van der Waals surface area contributed by atoms with Gasteiger partial charge in [0.15, 0.2) is 5.78 Å². The van der Waals surface area contributed by atoms with E-state index in [-0.39, 0.29) is 5.78 Å². The number of ketones is 1. The molecular formula is C15H21ClN4O. The predicted octanol–water partition coefficient (Wildman–Crippen LogP) is 3.11. The lowest BCUT2D eigenvalue weighted by Crippen LogP contribution is -2.12. The van der Waals surface area contributed by atoms with Crippen LogP contribution in [-0.2, 0) is 20.0 Å². The summed E-state index contributed by atoms with van der Waals surface area (Å²) in [5.74, 6) is 0.0357. The molecule has 0 saturated carbocycles. The first-order valence-electron chi connectivity index (χ1n) is 7.19. The molecule has 0 unspecified atom stereocenters. The molecule has 0 aromatic carbocycles. The molecule has 0 N–H and O–H groups in total. The van der Waals surface area contributed by atoms with Crippen molar-refractivity contribution in [3.8, 4) is 0 Å². The Morgan fingerprint density at radius 2 is 2.10 bits per heavy atom. The Morgan fingerprint density at radius 1 is 1.38 bits per heavy atom. The topological polar surface area (TPSA) is 52.7 Å². The second-order valence-electron chi connectivity index (χ2n) is 5.26. The van der Waals surface area contributed by atoms with Gasteiger partial charge in [-0.3, -0.25) is 14.2 Å². The third-order valence-electron chi connectivity index (χ3n) is 3.76. The van der Waals surface area contributed by atoms with Gasteiger partial charge >= 0.3 is 0 Å². The first-order valence-corrected chi connectivity index (χ1v) is 7.57. The van der Waals surface area contributed by atoms with Crippen LogP contribution in [0.4, 0.5) is 0 Å². The Morgan fingerprint density at radius 3 is 2.67 bits per heavy atom. The summed E-state index contributed by atoms with van der Waals surface area (Å²) >= 11 is 6.10. The van der Waals surface area contributed by atoms with E-state index in [1.54, 1.807) is 10.9 Å². The number of aromatic nitrogens is 4. The smallest absolute Gasteiger partial charge is 0.182 e. The Bertz CT molecular complexity index is 657. The quantitative estimate of drug-likeness (QED) is 0.770. The minimum absolute atomic E-state index is 0.0357. The van der Waals surface area contributed by atoms with E-state index in [2.05, 4.69) is 10.2 Å². The molecule has 0 atom stereocenters. The van der Waals surface area contributed by atoms with Crippen molar-refractivity contribution < 1.29 is 4.79 Å². The maximum absolute atomic E-state index is 12.5. The van der Waals surface area contributed by atoms with Crippen molar-refractivity contribution in [3.05, 3.63) is 33.9 Å².